The molecule has 36 heavy (non-hydrogen) atoms. The molecule has 188 valence electrons. The van der Waals surface area contributed by atoms with Crippen LogP contribution in [0.5, 0.6) is 11.5 Å². The maximum absolute atomic E-state index is 12.8. The molecule has 0 radical (unpaired) electrons. The monoisotopic (exact) mass is 555 g/mol. The van der Waals surface area contributed by atoms with E-state index < -0.39 is 11.9 Å². The van der Waals surface area contributed by atoms with Crippen LogP contribution in [-0.4, -0.2) is 32.2 Å². The molecule has 3 N–H and O–H groups in total. The largest absolute Gasteiger partial charge is 0.493 e. The van der Waals surface area contributed by atoms with Crippen molar-refractivity contribution in [1.82, 2.24) is 5.32 Å². The second-order valence-electron chi connectivity index (χ2n) is 7.70. The Balaban J connectivity index is 1.87. The fraction of sp³-hybridized carbons (Fsp3) is 0.269. The number of nitrogens with one attached hydrogen (secondary N) is 1. The number of nitrogens with zero attached hydrogens (tertiary/aromatic N) is 1. The molecule has 1 aliphatic rings. The third-order valence-corrected chi connectivity index (χ3v) is 5.96. The number of methoxy groups -OCH3 is 1. The summed E-state index contributed by atoms with van der Waals surface area (Å²) in [5.74, 6) is -1.07. The molecule has 0 fully saturated rings. The number of hydrogen-bond donors (Lipinski definition) is 2. The smallest absolute Gasteiger partial charge is 0.338 e. The fourth-order valence-electron chi connectivity index (χ4n) is 3.72. The molecule has 0 saturated heterocycles. The molecule has 2 aromatic rings. The standard InChI is InChI=1S/C26H26BrN3O6/c1-4-34-26(32)22-15(2)36-25(29)18(12-28)23(22)17-10-19(27)24(20(11-17)33-3)35-14-21(31)30-13-16-8-6-5-7-9-16/h5-11,23H,4,13-14,29H2,1-3H3,(H,30,31). The third kappa shape index (κ3) is 5.98. The Labute approximate surface area is 217 Å². The number of benzene rings is 2. The van der Waals surface area contributed by atoms with E-state index in [9.17, 15) is 14.9 Å². The second-order valence-corrected chi connectivity index (χ2v) is 8.55. The van der Waals surface area contributed by atoms with Gasteiger partial charge in [-0.1, -0.05) is 30.3 Å². The van der Waals surface area contributed by atoms with Gasteiger partial charge in [-0.3, -0.25) is 4.79 Å². The molecule has 1 aliphatic heterocycles. The fourth-order valence-corrected chi connectivity index (χ4v) is 4.29. The van der Waals surface area contributed by atoms with E-state index >= 15 is 0 Å². The molecule has 10 heteroatoms. The summed E-state index contributed by atoms with van der Waals surface area (Å²) in [7, 11) is 1.45. The van der Waals surface area contributed by atoms with E-state index in [1.807, 2.05) is 36.4 Å². The molecule has 1 atom stereocenters. The van der Waals surface area contributed by atoms with Gasteiger partial charge in [-0.2, -0.15) is 5.26 Å². The van der Waals surface area contributed by atoms with Crippen molar-refractivity contribution in [2.75, 3.05) is 20.3 Å². The lowest BCUT2D eigenvalue weighted by atomic mass is 9.83. The topological polar surface area (TPSA) is 133 Å². The molecule has 2 aromatic carbocycles. The van der Waals surface area contributed by atoms with Gasteiger partial charge >= 0.3 is 5.97 Å². The molecular weight excluding hydrogens is 530 g/mol. The molecule has 1 amide bonds. The normalized spacial score (nSPS) is 15.0. The number of esters is 1. The Morgan fingerprint density at radius 3 is 2.61 bits per heavy atom. The van der Waals surface area contributed by atoms with Crippen LogP contribution in [0, 0.1) is 11.3 Å². The predicted octanol–water partition coefficient (Wildman–Crippen LogP) is 3.80. The van der Waals surface area contributed by atoms with Crippen molar-refractivity contribution in [3.05, 3.63) is 80.9 Å². The summed E-state index contributed by atoms with van der Waals surface area (Å²) in [6.45, 7) is 3.54. The zero-order valence-electron chi connectivity index (χ0n) is 20.1. The van der Waals surface area contributed by atoms with Gasteiger partial charge in [0.25, 0.3) is 5.91 Å². The van der Waals surface area contributed by atoms with E-state index in [2.05, 4.69) is 21.2 Å². The van der Waals surface area contributed by atoms with Crippen LogP contribution in [0.15, 0.2) is 69.7 Å². The lowest BCUT2D eigenvalue weighted by molar-refractivity contribution is -0.139. The van der Waals surface area contributed by atoms with Crippen molar-refractivity contribution in [2.45, 2.75) is 26.3 Å². The van der Waals surface area contributed by atoms with Crippen molar-refractivity contribution < 1.29 is 28.5 Å². The average molecular weight is 556 g/mol. The zero-order valence-corrected chi connectivity index (χ0v) is 21.7. The first kappa shape index (κ1) is 26.6. The number of amides is 1. The van der Waals surface area contributed by atoms with Crippen LogP contribution in [0.25, 0.3) is 0 Å². The zero-order chi connectivity index (χ0) is 26.2. The molecule has 0 spiro atoms. The summed E-state index contributed by atoms with van der Waals surface area (Å²) < 4.78 is 22.4. The first-order valence-corrected chi connectivity index (χ1v) is 11.9. The van der Waals surface area contributed by atoms with E-state index in [1.54, 1.807) is 26.0 Å². The highest BCUT2D eigenvalue weighted by Gasteiger charge is 2.37. The van der Waals surface area contributed by atoms with Gasteiger partial charge in [-0.25, -0.2) is 4.79 Å². The van der Waals surface area contributed by atoms with Crippen LogP contribution in [0.3, 0.4) is 0 Å². The number of carbonyl (C=O) groups excluding carboxylic acids is 2. The molecule has 0 aliphatic carbocycles. The minimum Gasteiger partial charge on any atom is -0.493 e. The van der Waals surface area contributed by atoms with E-state index in [0.717, 1.165) is 5.56 Å². The molecule has 0 saturated carbocycles. The Bertz CT molecular complexity index is 1250. The molecule has 0 aromatic heterocycles. The molecule has 9 nitrogen and oxygen atoms in total. The van der Waals surface area contributed by atoms with Crippen LogP contribution in [0.2, 0.25) is 0 Å². The van der Waals surface area contributed by atoms with Crippen LogP contribution in [-0.2, 0) is 25.6 Å². The first-order chi connectivity index (χ1) is 17.3. The van der Waals surface area contributed by atoms with Crippen LogP contribution in [0.4, 0.5) is 0 Å². The maximum Gasteiger partial charge on any atom is 0.338 e. The van der Waals surface area contributed by atoms with Gasteiger partial charge in [-0.05, 0) is 53.0 Å². The van der Waals surface area contributed by atoms with Gasteiger partial charge in [0.1, 0.15) is 17.4 Å². The van der Waals surface area contributed by atoms with Crippen LogP contribution < -0.4 is 20.5 Å². The lowest BCUT2D eigenvalue weighted by Gasteiger charge is -2.27. The van der Waals surface area contributed by atoms with E-state index in [1.165, 1.54) is 7.11 Å². The Morgan fingerprint density at radius 1 is 1.25 bits per heavy atom. The quantitative estimate of drug-likeness (QED) is 0.446. The van der Waals surface area contributed by atoms with Crippen molar-refractivity contribution in [1.29, 1.82) is 5.26 Å². The highest BCUT2D eigenvalue weighted by molar-refractivity contribution is 9.10. The molecule has 0 bridgehead atoms. The number of nitrogens with two attached hydrogens (primary N) is 1. The van der Waals surface area contributed by atoms with Crippen molar-refractivity contribution in [3.8, 4) is 17.6 Å². The molecular formula is C26H26BrN3O6. The van der Waals surface area contributed by atoms with E-state index in [-0.39, 0.29) is 47.7 Å². The summed E-state index contributed by atoms with van der Waals surface area (Å²) >= 11 is 3.46. The minimum atomic E-state index is -0.851. The average Bonchev–Trinajstić information content (AvgIpc) is 2.86. The lowest BCUT2D eigenvalue weighted by Crippen LogP contribution is -2.28. The molecule has 3 rings (SSSR count). The van der Waals surface area contributed by atoms with Crippen molar-refractivity contribution >= 4 is 27.8 Å². The van der Waals surface area contributed by atoms with Crippen molar-refractivity contribution in [3.63, 3.8) is 0 Å². The Morgan fingerprint density at radius 2 is 1.97 bits per heavy atom. The molecule has 1 heterocycles. The van der Waals surface area contributed by atoms with Gasteiger partial charge in [0.2, 0.25) is 5.88 Å². The number of nitriles is 1. The summed E-state index contributed by atoms with van der Waals surface area (Å²) in [5.41, 5.74) is 7.67. The number of halogens is 1. The number of hydrogen-bond acceptors (Lipinski definition) is 8. The number of allylic oxidation sites excluding steroid dienone is 2. The maximum atomic E-state index is 12.8. The highest BCUT2D eigenvalue weighted by Crippen LogP contribution is 2.45. The van der Waals surface area contributed by atoms with E-state index in [0.29, 0.717) is 22.3 Å². The number of rotatable bonds is 9. The van der Waals surface area contributed by atoms with Gasteiger partial charge in [0, 0.05) is 6.54 Å². The third-order valence-electron chi connectivity index (χ3n) is 5.37. The SMILES string of the molecule is CCOC(=O)C1=C(C)OC(N)=C(C#N)C1c1cc(Br)c(OCC(=O)NCc2ccccc2)c(OC)c1. The first-order valence-electron chi connectivity index (χ1n) is 11.1. The van der Waals surface area contributed by atoms with Crippen LogP contribution in [0.1, 0.15) is 30.9 Å². The summed E-state index contributed by atoms with van der Waals surface area (Å²) in [6.07, 6.45) is 0. The highest BCUT2D eigenvalue weighted by atomic mass is 79.9. The van der Waals surface area contributed by atoms with Crippen molar-refractivity contribution in [2.24, 2.45) is 5.73 Å². The number of ether oxygens (including phenoxy) is 4. The minimum absolute atomic E-state index is 0.0616. The predicted molar refractivity (Wildman–Crippen MR) is 134 cm³/mol. The Hall–Kier alpha value is -3.97. The van der Waals surface area contributed by atoms with Gasteiger partial charge in [0.15, 0.2) is 18.1 Å². The Kier molecular flexibility index (Phi) is 8.97. The number of carbonyl (C=O) groups is 2. The second kappa shape index (κ2) is 12.1. The summed E-state index contributed by atoms with van der Waals surface area (Å²) in [4.78, 5) is 25.1. The van der Waals surface area contributed by atoms with Gasteiger partial charge < -0.3 is 30.0 Å². The van der Waals surface area contributed by atoms with E-state index in [4.69, 9.17) is 24.7 Å². The van der Waals surface area contributed by atoms with Gasteiger partial charge in [-0.15, -0.1) is 0 Å². The van der Waals surface area contributed by atoms with Crippen LogP contribution >= 0.6 is 15.9 Å². The molecule has 1 unspecified atom stereocenters. The summed E-state index contributed by atoms with van der Waals surface area (Å²) in [5, 5.41) is 12.6. The van der Waals surface area contributed by atoms with Gasteiger partial charge in [0.05, 0.1) is 29.7 Å². The summed E-state index contributed by atoms with van der Waals surface area (Å²) in [6, 6.07) is 14.8.